The van der Waals surface area contributed by atoms with Crippen molar-refractivity contribution < 1.29 is 18.9 Å². The maximum atomic E-state index is 10.9. The summed E-state index contributed by atoms with van der Waals surface area (Å²) in [4.78, 5) is 16.0. The molecule has 1 unspecified atom stereocenters. The molecule has 0 aromatic rings. The minimum atomic E-state index is -2.69. The highest BCUT2D eigenvalue weighted by molar-refractivity contribution is 7.57. The number of hydrogen-bond donors (Lipinski definition) is 2. The first-order valence-corrected chi connectivity index (χ1v) is 6.61. The summed E-state index contributed by atoms with van der Waals surface area (Å²) in [6, 6.07) is 0. The molecule has 0 spiro atoms. The van der Waals surface area contributed by atoms with E-state index in [-0.39, 0.29) is 0 Å². The van der Waals surface area contributed by atoms with E-state index in [1.807, 2.05) is 6.92 Å². The van der Waals surface area contributed by atoms with Crippen LogP contribution in [0.3, 0.4) is 0 Å². The summed E-state index contributed by atoms with van der Waals surface area (Å²) in [6.07, 6.45) is 2.80. The Balaban J connectivity index is 0. The Kier molecular flexibility index (Phi) is 11.5. The van der Waals surface area contributed by atoms with Crippen LogP contribution in [-0.4, -0.2) is 22.1 Å². The van der Waals surface area contributed by atoms with Crippen molar-refractivity contribution in [3.8, 4) is 0 Å². The van der Waals surface area contributed by atoms with Crippen LogP contribution >= 0.6 is 16.1 Å². The molecule has 0 radical (unpaired) electrons. The van der Waals surface area contributed by atoms with Gasteiger partial charge in [0.15, 0.2) is 7.37 Å². The van der Waals surface area contributed by atoms with Gasteiger partial charge in [-0.1, -0.05) is 20.3 Å². The van der Waals surface area contributed by atoms with Crippen LogP contribution in [0, 0.1) is 0 Å². The minimum absolute atomic E-state index is 0.424. The van der Waals surface area contributed by atoms with Crippen molar-refractivity contribution in [2.24, 2.45) is 0 Å². The zero-order valence-electron chi connectivity index (χ0n) is 7.43. The van der Waals surface area contributed by atoms with Crippen LogP contribution in [-0.2, 0) is 9.13 Å². The highest BCUT2D eigenvalue weighted by Crippen LogP contribution is 2.40. The van der Waals surface area contributed by atoms with Crippen molar-refractivity contribution in [3.05, 3.63) is 0 Å². The fourth-order valence-corrected chi connectivity index (χ4v) is 1.69. The van der Waals surface area contributed by atoms with Crippen LogP contribution in [0.1, 0.15) is 26.7 Å². The third-order valence-electron chi connectivity index (χ3n) is 1.36. The van der Waals surface area contributed by atoms with Gasteiger partial charge < -0.3 is 9.79 Å². The van der Waals surface area contributed by atoms with Gasteiger partial charge in [-0.25, -0.2) is 4.57 Å². The molecule has 74 valence electrons. The van der Waals surface area contributed by atoms with Gasteiger partial charge in [0.25, 0.3) is 0 Å². The lowest BCUT2D eigenvalue weighted by molar-refractivity contribution is 0.477. The van der Waals surface area contributed by atoms with Gasteiger partial charge in [-0.15, -0.1) is 0 Å². The summed E-state index contributed by atoms with van der Waals surface area (Å²) < 4.78 is 19.4. The molecule has 0 aliphatic carbocycles. The topological polar surface area (TPSA) is 74.6 Å². The fraction of sp³-hybridized carbons (Fsp3) is 1.00. The Morgan fingerprint density at radius 1 is 1.42 bits per heavy atom. The van der Waals surface area contributed by atoms with Crippen molar-refractivity contribution in [2.45, 2.75) is 26.7 Å². The summed E-state index contributed by atoms with van der Waals surface area (Å²) in [5, 5.41) is 0. The SMILES string of the molecule is CCCCP(=O)(O)CC.O=PO. The van der Waals surface area contributed by atoms with Crippen LogP contribution in [0.5, 0.6) is 0 Å². The van der Waals surface area contributed by atoms with Crippen LogP contribution in [0.2, 0.25) is 0 Å². The molecule has 4 nitrogen and oxygen atoms in total. The molecule has 0 saturated heterocycles. The van der Waals surface area contributed by atoms with Crippen LogP contribution in [0.15, 0.2) is 0 Å². The maximum Gasteiger partial charge on any atom is 0.324 e. The first-order chi connectivity index (χ1) is 5.54. The molecule has 0 saturated carbocycles. The predicted molar refractivity (Wildman–Crippen MR) is 50.0 cm³/mol. The monoisotopic (exact) mass is 214 g/mol. The predicted octanol–water partition coefficient (Wildman–Crippen LogP) is 2.26. The van der Waals surface area contributed by atoms with E-state index in [1.54, 1.807) is 6.92 Å². The van der Waals surface area contributed by atoms with Crippen LogP contribution in [0.4, 0.5) is 0 Å². The van der Waals surface area contributed by atoms with Gasteiger partial charge in [0.1, 0.15) is 0 Å². The Morgan fingerprint density at radius 2 is 1.83 bits per heavy atom. The van der Waals surface area contributed by atoms with E-state index in [4.69, 9.17) is 14.4 Å². The van der Waals surface area contributed by atoms with Crippen molar-refractivity contribution >= 4 is 16.1 Å². The average Bonchev–Trinajstić information content (AvgIpc) is 2.03. The molecule has 0 aromatic carbocycles. The number of unbranched alkanes of at least 4 members (excludes halogenated alkanes) is 1. The zero-order valence-corrected chi connectivity index (χ0v) is 9.22. The second kappa shape index (κ2) is 9.34. The third kappa shape index (κ3) is 12.9. The van der Waals surface area contributed by atoms with E-state index >= 15 is 0 Å². The maximum absolute atomic E-state index is 10.9. The molecular formula is C6H16O4P2. The Morgan fingerprint density at radius 3 is 2.08 bits per heavy atom. The van der Waals surface area contributed by atoms with Gasteiger partial charge in [-0.05, 0) is 6.42 Å². The van der Waals surface area contributed by atoms with E-state index in [0.717, 1.165) is 12.8 Å². The molecule has 0 aliphatic heterocycles. The minimum Gasteiger partial charge on any atom is -0.344 e. The molecule has 0 fully saturated rings. The lowest BCUT2D eigenvalue weighted by Gasteiger charge is -2.05. The quantitative estimate of drug-likeness (QED) is 0.704. The largest absolute Gasteiger partial charge is 0.344 e. The van der Waals surface area contributed by atoms with E-state index in [0.29, 0.717) is 12.3 Å². The lowest BCUT2D eigenvalue weighted by atomic mass is 10.4. The average molecular weight is 214 g/mol. The first kappa shape index (κ1) is 14.8. The molecule has 0 heterocycles. The Bertz CT molecular complexity index is 148. The van der Waals surface area contributed by atoms with Crippen LogP contribution in [0.25, 0.3) is 0 Å². The summed E-state index contributed by atoms with van der Waals surface area (Å²) in [6.45, 7) is 3.78. The van der Waals surface area contributed by atoms with Gasteiger partial charge >= 0.3 is 8.69 Å². The number of hydrogen-bond acceptors (Lipinski definition) is 2. The van der Waals surface area contributed by atoms with Gasteiger partial charge in [-0.3, -0.25) is 4.57 Å². The lowest BCUT2D eigenvalue weighted by Crippen LogP contribution is -1.90. The first-order valence-electron chi connectivity index (χ1n) is 3.81. The smallest absolute Gasteiger partial charge is 0.324 e. The standard InChI is InChI=1S/C6H15O2P.HO2P/c1-3-5-6-9(7,8)4-2;1-3-2/h3-6H2,1-2H3,(H,7,8);(H,1,2). The number of rotatable bonds is 4. The second-order valence-electron chi connectivity index (χ2n) is 2.32. The zero-order chi connectivity index (χ0) is 10.0. The molecule has 2 N–H and O–H groups in total. The van der Waals surface area contributed by atoms with Crippen molar-refractivity contribution in [2.75, 3.05) is 12.3 Å². The molecule has 0 rings (SSSR count). The molecule has 0 bridgehead atoms. The highest BCUT2D eigenvalue weighted by Gasteiger charge is 2.12. The molecule has 1 atom stereocenters. The molecular weight excluding hydrogens is 198 g/mol. The van der Waals surface area contributed by atoms with Crippen molar-refractivity contribution in [1.29, 1.82) is 0 Å². The fourth-order valence-electron chi connectivity index (χ4n) is 0.563. The second-order valence-corrected chi connectivity index (χ2v) is 5.26. The van der Waals surface area contributed by atoms with Crippen molar-refractivity contribution in [1.82, 2.24) is 0 Å². The summed E-state index contributed by atoms with van der Waals surface area (Å²) in [5.74, 6) is 0. The summed E-state index contributed by atoms with van der Waals surface area (Å²) in [5.41, 5.74) is 0. The van der Waals surface area contributed by atoms with E-state index in [2.05, 4.69) is 0 Å². The Labute approximate surface area is 74.7 Å². The molecule has 0 aliphatic rings. The molecule has 12 heavy (non-hydrogen) atoms. The van der Waals surface area contributed by atoms with Gasteiger partial charge in [0.2, 0.25) is 0 Å². The highest BCUT2D eigenvalue weighted by atomic mass is 31.2. The van der Waals surface area contributed by atoms with Crippen LogP contribution < -0.4 is 0 Å². The Hall–Kier alpha value is 0.250. The van der Waals surface area contributed by atoms with Crippen molar-refractivity contribution in [3.63, 3.8) is 0 Å². The molecule has 0 aromatic heterocycles. The van der Waals surface area contributed by atoms with E-state index in [9.17, 15) is 4.57 Å². The van der Waals surface area contributed by atoms with E-state index in [1.165, 1.54) is 0 Å². The normalized spacial score (nSPS) is 14.7. The van der Waals surface area contributed by atoms with Gasteiger partial charge in [0.05, 0.1) is 0 Å². The third-order valence-corrected chi connectivity index (χ3v) is 3.36. The van der Waals surface area contributed by atoms with Gasteiger partial charge in [-0.2, -0.15) is 0 Å². The summed E-state index contributed by atoms with van der Waals surface area (Å²) >= 11 is 0. The van der Waals surface area contributed by atoms with E-state index < -0.39 is 16.1 Å². The molecule has 6 heteroatoms. The molecule has 0 amide bonds. The van der Waals surface area contributed by atoms with Gasteiger partial charge in [0, 0.05) is 12.3 Å². The summed E-state index contributed by atoms with van der Waals surface area (Å²) in [7, 11) is -3.52.